The minimum absolute atomic E-state index is 0.135. The van der Waals surface area contributed by atoms with Crippen LogP contribution in [-0.4, -0.2) is 33.2 Å². The second-order valence-electron chi connectivity index (χ2n) is 4.25. The van der Waals surface area contributed by atoms with Crippen LogP contribution >= 0.6 is 11.6 Å². The first-order valence-electron chi connectivity index (χ1n) is 5.39. The molecule has 98 valence electrons. The van der Waals surface area contributed by atoms with Crippen LogP contribution < -0.4 is 9.62 Å². The van der Waals surface area contributed by atoms with Gasteiger partial charge in [-0.3, -0.25) is 4.79 Å². The average Bonchev–Trinajstić information content (AvgIpc) is 2.57. The topological polar surface area (TPSA) is 66.5 Å². The van der Waals surface area contributed by atoms with Crippen molar-refractivity contribution in [3.63, 3.8) is 0 Å². The van der Waals surface area contributed by atoms with Gasteiger partial charge in [0, 0.05) is 19.0 Å². The number of hydrogen-bond acceptors (Lipinski definition) is 3. The van der Waals surface area contributed by atoms with E-state index in [0.29, 0.717) is 17.3 Å². The summed E-state index contributed by atoms with van der Waals surface area (Å²) in [5.41, 5.74) is 0.613. The van der Waals surface area contributed by atoms with Crippen LogP contribution in [0.25, 0.3) is 0 Å². The molecule has 1 saturated heterocycles. The maximum atomic E-state index is 11.9. The van der Waals surface area contributed by atoms with Gasteiger partial charge in [-0.2, -0.15) is 0 Å². The third-order valence-electron chi connectivity index (χ3n) is 2.65. The zero-order valence-electron chi connectivity index (χ0n) is 9.76. The number of amides is 1. The van der Waals surface area contributed by atoms with E-state index in [4.69, 9.17) is 11.6 Å². The quantitative estimate of drug-likeness (QED) is 0.902. The summed E-state index contributed by atoms with van der Waals surface area (Å²) in [5, 5.41) is 0.478. The lowest BCUT2D eigenvalue weighted by Gasteiger charge is -2.18. The molecule has 0 aliphatic carbocycles. The fourth-order valence-corrected chi connectivity index (χ4v) is 2.99. The Balaban J connectivity index is 2.18. The highest BCUT2D eigenvalue weighted by Gasteiger charge is 2.32. The number of sulfonamides is 1. The summed E-state index contributed by atoms with van der Waals surface area (Å²) in [6.45, 7) is 0.301. The minimum Gasteiger partial charge on any atom is -0.309 e. The lowest BCUT2D eigenvalue weighted by Crippen LogP contribution is -2.36. The zero-order chi connectivity index (χ0) is 13.3. The van der Waals surface area contributed by atoms with Gasteiger partial charge in [-0.1, -0.05) is 23.7 Å². The fourth-order valence-electron chi connectivity index (χ4n) is 1.99. The second-order valence-corrected chi connectivity index (χ2v) is 6.43. The number of hydrogen-bond donors (Lipinski definition) is 1. The molecule has 1 aliphatic rings. The summed E-state index contributed by atoms with van der Waals surface area (Å²) in [5.74, 6) is -0.135. The van der Waals surface area contributed by atoms with Crippen molar-refractivity contribution >= 4 is 33.2 Å². The van der Waals surface area contributed by atoms with Gasteiger partial charge in [0.25, 0.3) is 0 Å². The third kappa shape index (κ3) is 3.01. The fraction of sp³-hybridized carbons (Fsp3) is 0.364. The van der Waals surface area contributed by atoms with Gasteiger partial charge in [-0.15, -0.1) is 0 Å². The van der Waals surface area contributed by atoms with E-state index in [0.717, 1.165) is 6.26 Å². The molecule has 1 aromatic rings. The first-order chi connectivity index (χ1) is 8.37. The molecule has 0 radical (unpaired) electrons. The Hall–Kier alpha value is -1.11. The molecule has 1 N–H and O–H groups in total. The molecule has 0 bridgehead atoms. The zero-order valence-corrected chi connectivity index (χ0v) is 11.3. The summed E-state index contributed by atoms with van der Waals surface area (Å²) in [6, 6.07) is 6.60. The molecule has 18 heavy (non-hydrogen) atoms. The Bertz CT molecular complexity index is 573. The molecule has 1 aromatic carbocycles. The first kappa shape index (κ1) is 13.3. The molecular formula is C11H13ClN2O3S. The van der Waals surface area contributed by atoms with Crippen LogP contribution in [0.2, 0.25) is 5.02 Å². The molecule has 1 amide bonds. The van der Waals surface area contributed by atoms with Crippen molar-refractivity contribution in [3.8, 4) is 0 Å². The Morgan fingerprint density at radius 2 is 2.06 bits per heavy atom. The molecule has 1 heterocycles. The molecular weight excluding hydrogens is 276 g/mol. The first-order valence-corrected chi connectivity index (χ1v) is 7.66. The van der Waals surface area contributed by atoms with E-state index in [1.807, 2.05) is 0 Å². The summed E-state index contributed by atoms with van der Waals surface area (Å²) < 4.78 is 24.7. The summed E-state index contributed by atoms with van der Waals surface area (Å²) >= 11 is 6.02. The Morgan fingerprint density at radius 3 is 2.67 bits per heavy atom. The number of nitrogens with one attached hydrogen (secondary N) is 1. The van der Waals surface area contributed by atoms with E-state index in [9.17, 15) is 13.2 Å². The number of para-hydroxylation sites is 1. The molecule has 1 fully saturated rings. The van der Waals surface area contributed by atoms with Crippen molar-refractivity contribution in [2.75, 3.05) is 17.7 Å². The second kappa shape index (κ2) is 4.87. The normalized spacial score (nSPS) is 20.4. The highest BCUT2D eigenvalue weighted by molar-refractivity contribution is 7.88. The number of benzene rings is 1. The van der Waals surface area contributed by atoms with Crippen molar-refractivity contribution < 1.29 is 13.2 Å². The van der Waals surface area contributed by atoms with E-state index in [1.165, 1.54) is 4.90 Å². The van der Waals surface area contributed by atoms with Crippen molar-refractivity contribution in [1.29, 1.82) is 0 Å². The molecule has 1 aliphatic heterocycles. The Kier molecular flexibility index (Phi) is 3.61. The smallest absolute Gasteiger partial charge is 0.228 e. The minimum atomic E-state index is -3.31. The van der Waals surface area contributed by atoms with E-state index >= 15 is 0 Å². The van der Waals surface area contributed by atoms with Crippen LogP contribution in [0.15, 0.2) is 24.3 Å². The molecule has 0 aromatic heterocycles. The molecule has 7 heteroatoms. The number of anilines is 1. The van der Waals surface area contributed by atoms with Gasteiger partial charge in [0.05, 0.1) is 17.0 Å². The van der Waals surface area contributed by atoms with Crippen molar-refractivity contribution in [2.45, 2.75) is 12.5 Å². The molecule has 0 spiro atoms. The van der Waals surface area contributed by atoms with Crippen molar-refractivity contribution in [1.82, 2.24) is 4.72 Å². The van der Waals surface area contributed by atoms with Crippen LogP contribution in [0.5, 0.6) is 0 Å². The maximum Gasteiger partial charge on any atom is 0.228 e. The lowest BCUT2D eigenvalue weighted by molar-refractivity contribution is -0.117. The van der Waals surface area contributed by atoms with E-state index in [-0.39, 0.29) is 12.3 Å². The molecule has 5 nitrogen and oxygen atoms in total. The van der Waals surface area contributed by atoms with Gasteiger partial charge in [0.15, 0.2) is 0 Å². The summed E-state index contributed by atoms with van der Waals surface area (Å²) in [4.78, 5) is 13.4. The highest BCUT2D eigenvalue weighted by atomic mass is 35.5. The Labute approximate surface area is 111 Å². The number of nitrogens with zero attached hydrogens (tertiary/aromatic N) is 1. The summed E-state index contributed by atoms with van der Waals surface area (Å²) in [7, 11) is -3.31. The van der Waals surface area contributed by atoms with Crippen LogP contribution in [0.1, 0.15) is 6.42 Å². The lowest BCUT2D eigenvalue weighted by atomic mass is 10.3. The van der Waals surface area contributed by atoms with Crippen molar-refractivity contribution in [3.05, 3.63) is 29.3 Å². The van der Waals surface area contributed by atoms with Crippen LogP contribution in [-0.2, 0) is 14.8 Å². The maximum absolute atomic E-state index is 11.9. The van der Waals surface area contributed by atoms with E-state index in [2.05, 4.69) is 4.72 Å². The predicted molar refractivity (Wildman–Crippen MR) is 70.2 cm³/mol. The predicted octanol–water partition coefficient (Wildman–Crippen LogP) is 0.994. The summed E-state index contributed by atoms with van der Waals surface area (Å²) in [6.07, 6.45) is 1.23. The average molecular weight is 289 g/mol. The van der Waals surface area contributed by atoms with Gasteiger partial charge in [-0.05, 0) is 12.1 Å². The van der Waals surface area contributed by atoms with Crippen LogP contribution in [0, 0.1) is 0 Å². The van der Waals surface area contributed by atoms with Crippen LogP contribution in [0.3, 0.4) is 0 Å². The van der Waals surface area contributed by atoms with Gasteiger partial charge in [-0.25, -0.2) is 13.1 Å². The van der Waals surface area contributed by atoms with Crippen molar-refractivity contribution in [2.24, 2.45) is 0 Å². The SMILES string of the molecule is CS(=O)(=O)N[C@@H]1CC(=O)N(c2ccccc2Cl)C1. The van der Waals surface area contributed by atoms with Gasteiger partial charge in [0.1, 0.15) is 0 Å². The highest BCUT2D eigenvalue weighted by Crippen LogP contribution is 2.28. The van der Waals surface area contributed by atoms with E-state index < -0.39 is 16.1 Å². The number of rotatable bonds is 3. The number of carbonyl (C=O) groups excluding carboxylic acids is 1. The largest absolute Gasteiger partial charge is 0.309 e. The Morgan fingerprint density at radius 1 is 1.39 bits per heavy atom. The number of carbonyl (C=O) groups is 1. The standard InChI is InChI=1S/C11H13ClN2O3S/c1-18(16,17)13-8-6-11(15)14(7-8)10-5-3-2-4-9(10)12/h2-5,8,13H,6-7H2,1H3/t8-/m1/s1. The van der Waals surface area contributed by atoms with Gasteiger partial charge in [0.2, 0.25) is 15.9 Å². The van der Waals surface area contributed by atoms with Gasteiger partial charge >= 0.3 is 0 Å². The van der Waals surface area contributed by atoms with E-state index in [1.54, 1.807) is 24.3 Å². The molecule has 1 atom stereocenters. The monoisotopic (exact) mass is 288 g/mol. The molecule has 0 unspecified atom stereocenters. The third-order valence-corrected chi connectivity index (χ3v) is 3.73. The van der Waals surface area contributed by atoms with Crippen LogP contribution in [0.4, 0.5) is 5.69 Å². The van der Waals surface area contributed by atoms with Gasteiger partial charge < -0.3 is 4.90 Å². The molecule has 2 rings (SSSR count). The molecule has 0 saturated carbocycles. The number of halogens is 1.